The highest BCUT2D eigenvalue weighted by atomic mass is 32.2. The van der Waals surface area contributed by atoms with Crippen LogP contribution in [-0.2, 0) is 21.7 Å². The molecule has 0 radical (unpaired) electrons. The normalized spacial score (nSPS) is 12.9. The molecule has 0 atom stereocenters. The van der Waals surface area contributed by atoms with Crippen molar-refractivity contribution in [2.24, 2.45) is 0 Å². The van der Waals surface area contributed by atoms with E-state index >= 15 is 0 Å². The highest BCUT2D eigenvalue weighted by Gasteiger charge is 2.26. The molecule has 4 rings (SSSR count). The maximum atomic E-state index is 11.6. The summed E-state index contributed by atoms with van der Waals surface area (Å²) < 4.78 is 0. The van der Waals surface area contributed by atoms with Crippen LogP contribution in [0.25, 0.3) is 22.3 Å². The van der Waals surface area contributed by atoms with Crippen molar-refractivity contribution in [2.75, 3.05) is 0 Å². The van der Waals surface area contributed by atoms with Gasteiger partial charge in [0.2, 0.25) is 0 Å². The molecule has 0 heterocycles. The average Bonchev–Trinajstić information content (AvgIpc) is 2.88. The number of rotatable bonds is 4. The van der Waals surface area contributed by atoms with Gasteiger partial charge >= 0.3 is 0 Å². The number of phenols is 2. The fourth-order valence-electron chi connectivity index (χ4n) is 5.29. The molecule has 0 fully saturated rings. The van der Waals surface area contributed by atoms with Crippen LogP contribution in [0.1, 0.15) is 105 Å². The molecule has 0 unspecified atom stereocenters. The Hall–Kier alpha value is -3.17. The van der Waals surface area contributed by atoms with E-state index in [1.807, 2.05) is 0 Å². The van der Waals surface area contributed by atoms with E-state index in [-0.39, 0.29) is 33.2 Å². The number of benzene rings is 4. The summed E-state index contributed by atoms with van der Waals surface area (Å²) in [6.07, 6.45) is 0. The quantitative estimate of drug-likeness (QED) is 0.247. The molecule has 4 aromatic rings. The van der Waals surface area contributed by atoms with Crippen molar-refractivity contribution < 1.29 is 10.2 Å². The molecule has 0 aliphatic heterocycles. The van der Waals surface area contributed by atoms with Gasteiger partial charge < -0.3 is 10.2 Å². The summed E-state index contributed by atoms with van der Waals surface area (Å²) in [6, 6.07) is 25.8. The molecule has 4 aromatic carbocycles. The molecular weight excluding hydrogens is 545 g/mol. The summed E-state index contributed by atoms with van der Waals surface area (Å²) in [6.45, 7) is 26.1. The van der Waals surface area contributed by atoms with E-state index < -0.39 is 0 Å². The zero-order chi connectivity index (χ0) is 32.1. The van der Waals surface area contributed by atoms with Gasteiger partial charge in [-0.15, -0.1) is 0 Å². The van der Waals surface area contributed by atoms with Crippen LogP contribution in [0.2, 0.25) is 0 Å². The Balaban J connectivity index is 1.87. The zero-order valence-corrected chi connectivity index (χ0v) is 29.0. The Morgan fingerprint density at radius 1 is 0.395 bits per heavy atom. The second kappa shape index (κ2) is 11.4. The van der Waals surface area contributed by atoms with Gasteiger partial charge in [0.15, 0.2) is 0 Å². The van der Waals surface area contributed by atoms with E-state index in [1.165, 1.54) is 22.9 Å². The van der Waals surface area contributed by atoms with Crippen LogP contribution < -0.4 is 0 Å². The highest BCUT2D eigenvalue weighted by Crippen LogP contribution is 2.49. The summed E-state index contributed by atoms with van der Waals surface area (Å²) in [5, 5.41) is 23.2. The lowest BCUT2D eigenvalue weighted by molar-refractivity contribution is 0.433. The minimum Gasteiger partial charge on any atom is -0.506 e. The number of phenolic OH excluding ortho intramolecular Hbond substituents is 2. The van der Waals surface area contributed by atoms with E-state index in [9.17, 15) is 10.2 Å². The molecule has 0 saturated carbocycles. The van der Waals surface area contributed by atoms with Gasteiger partial charge in [-0.2, -0.15) is 0 Å². The fourth-order valence-corrected chi connectivity index (χ4v) is 6.31. The van der Waals surface area contributed by atoms with Gasteiger partial charge in [0, 0.05) is 11.1 Å². The van der Waals surface area contributed by atoms with Gasteiger partial charge in [0.05, 0.1) is 9.79 Å². The lowest BCUT2D eigenvalue weighted by atomic mass is 9.83. The third kappa shape index (κ3) is 7.32. The predicted octanol–water partition coefficient (Wildman–Crippen LogP) is 11.8. The third-order valence-electron chi connectivity index (χ3n) is 8.15. The topological polar surface area (TPSA) is 40.5 Å². The van der Waals surface area contributed by atoms with Crippen LogP contribution in [-0.4, -0.2) is 10.2 Å². The Labute approximate surface area is 264 Å². The molecule has 0 amide bonds. The minimum absolute atomic E-state index is 0.0748. The number of hydrogen-bond donors (Lipinski definition) is 2. The molecule has 3 heteroatoms. The fraction of sp³-hybridized carbons (Fsp3) is 0.400. The number of hydrogen-bond acceptors (Lipinski definition) is 3. The van der Waals surface area contributed by atoms with E-state index in [0.717, 1.165) is 43.2 Å². The maximum Gasteiger partial charge on any atom is 0.133 e. The largest absolute Gasteiger partial charge is 0.506 e. The lowest BCUT2D eigenvalue weighted by Crippen LogP contribution is -2.12. The van der Waals surface area contributed by atoms with Crippen LogP contribution in [0.4, 0.5) is 0 Å². The second-order valence-corrected chi connectivity index (χ2v) is 17.1. The van der Waals surface area contributed by atoms with Gasteiger partial charge in [-0.25, -0.2) is 0 Å². The van der Waals surface area contributed by atoms with Crippen molar-refractivity contribution in [2.45, 2.75) is 115 Å². The predicted molar refractivity (Wildman–Crippen MR) is 186 cm³/mol. The van der Waals surface area contributed by atoms with Crippen molar-refractivity contribution in [3.63, 3.8) is 0 Å². The Morgan fingerprint density at radius 2 is 0.698 bits per heavy atom. The molecule has 0 spiro atoms. The van der Waals surface area contributed by atoms with Gasteiger partial charge in [-0.3, -0.25) is 0 Å². The van der Waals surface area contributed by atoms with Crippen LogP contribution in [0.3, 0.4) is 0 Å². The first-order valence-corrected chi connectivity index (χ1v) is 16.1. The molecule has 0 aromatic heterocycles. The summed E-state index contributed by atoms with van der Waals surface area (Å²) >= 11 is 1.43. The summed E-state index contributed by atoms with van der Waals surface area (Å²) in [5.41, 5.74) is 8.27. The van der Waals surface area contributed by atoms with E-state index in [0.29, 0.717) is 0 Å². The molecule has 0 aliphatic carbocycles. The molecular formula is C40H50O2S. The molecule has 228 valence electrons. The Bertz CT molecular complexity index is 1480. The Kier molecular flexibility index (Phi) is 8.68. The lowest BCUT2D eigenvalue weighted by Gasteiger charge is -2.25. The van der Waals surface area contributed by atoms with Crippen molar-refractivity contribution in [1.82, 2.24) is 0 Å². The smallest absolute Gasteiger partial charge is 0.133 e. The van der Waals surface area contributed by atoms with Crippen molar-refractivity contribution in [3.05, 3.63) is 95.1 Å². The maximum absolute atomic E-state index is 11.6. The SMILES string of the molecule is CC(C)(C)c1ccc(-c2cc(Sc3cc(-c4ccc(C(C)(C)C)cc4)cc(C(C)(C)C)c3O)c(O)c(C(C)(C)C)c2)cc1. The first-order chi connectivity index (χ1) is 19.7. The molecule has 0 aliphatic rings. The van der Waals surface area contributed by atoms with Crippen LogP contribution >= 0.6 is 11.8 Å². The highest BCUT2D eigenvalue weighted by molar-refractivity contribution is 7.99. The van der Waals surface area contributed by atoms with Gasteiger partial charge in [-0.05, 0) is 79.3 Å². The van der Waals surface area contributed by atoms with E-state index in [1.54, 1.807) is 0 Å². The van der Waals surface area contributed by atoms with Crippen LogP contribution in [0, 0.1) is 0 Å². The Morgan fingerprint density at radius 3 is 0.953 bits per heavy atom. The number of aromatic hydroxyl groups is 2. The van der Waals surface area contributed by atoms with Crippen LogP contribution in [0.15, 0.2) is 82.6 Å². The average molecular weight is 595 g/mol. The van der Waals surface area contributed by atoms with Gasteiger partial charge in [0.1, 0.15) is 11.5 Å². The first kappa shape index (κ1) is 32.7. The van der Waals surface area contributed by atoms with Gasteiger partial charge in [-0.1, -0.05) is 143 Å². The monoisotopic (exact) mass is 594 g/mol. The summed E-state index contributed by atoms with van der Waals surface area (Å²) in [4.78, 5) is 1.47. The molecule has 43 heavy (non-hydrogen) atoms. The van der Waals surface area contributed by atoms with E-state index in [4.69, 9.17) is 0 Å². The standard InChI is InChI=1S/C40H50O2S/c1-37(2,3)29-17-13-25(14-18-29)27-21-31(39(7,8)9)35(41)33(23-27)43-34-24-28(22-32(36(34)42)40(10,11)12)26-15-19-30(20-16-26)38(4,5)6/h13-24,41-42H,1-12H3. The molecule has 0 bridgehead atoms. The van der Waals surface area contributed by atoms with Gasteiger partial charge in [0.25, 0.3) is 0 Å². The molecule has 0 saturated heterocycles. The molecule has 2 nitrogen and oxygen atoms in total. The summed E-state index contributed by atoms with van der Waals surface area (Å²) in [7, 11) is 0. The van der Waals surface area contributed by atoms with Crippen molar-refractivity contribution in [3.8, 4) is 33.8 Å². The van der Waals surface area contributed by atoms with Crippen molar-refractivity contribution >= 4 is 11.8 Å². The first-order valence-electron chi connectivity index (χ1n) is 15.3. The van der Waals surface area contributed by atoms with Crippen LogP contribution in [0.5, 0.6) is 11.5 Å². The molecule has 2 N–H and O–H groups in total. The summed E-state index contributed by atoms with van der Waals surface area (Å²) in [5.74, 6) is 0.536. The zero-order valence-electron chi connectivity index (χ0n) is 28.2. The van der Waals surface area contributed by atoms with E-state index in [2.05, 4.69) is 156 Å². The second-order valence-electron chi connectivity index (χ2n) is 16.0. The van der Waals surface area contributed by atoms with Crippen molar-refractivity contribution in [1.29, 1.82) is 0 Å². The minimum atomic E-state index is -0.268. The third-order valence-corrected chi connectivity index (χ3v) is 9.22.